The van der Waals surface area contributed by atoms with Crippen molar-refractivity contribution in [3.05, 3.63) is 23.5 Å². The molecule has 2 aliphatic heterocycles. The molecule has 3 heterocycles. The maximum atomic E-state index is 13.4. The molecule has 0 radical (unpaired) electrons. The summed E-state index contributed by atoms with van der Waals surface area (Å²) in [4.78, 5) is 14.1. The van der Waals surface area contributed by atoms with Crippen LogP contribution in [0.4, 0.5) is 13.2 Å². The molecular formula is C15H20F3N3O2. The highest BCUT2D eigenvalue weighted by molar-refractivity contribution is 5.75. The minimum absolute atomic E-state index is 0.206. The van der Waals surface area contributed by atoms with Crippen LogP contribution in [0, 0.1) is 0 Å². The third-order valence-electron chi connectivity index (χ3n) is 5.08. The molecule has 128 valence electrons. The quantitative estimate of drug-likeness (QED) is 0.797. The van der Waals surface area contributed by atoms with Crippen LogP contribution in [0.3, 0.4) is 0 Å². The van der Waals surface area contributed by atoms with Crippen LogP contribution in [0.2, 0.25) is 0 Å². The zero-order chi connectivity index (χ0) is 16.8. The summed E-state index contributed by atoms with van der Waals surface area (Å²) >= 11 is 0. The van der Waals surface area contributed by atoms with E-state index in [1.165, 1.54) is 13.2 Å². The molecule has 0 aliphatic carbocycles. The van der Waals surface area contributed by atoms with Crippen LogP contribution in [0.25, 0.3) is 0 Å². The highest BCUT2D eigenvalue weighted by Gasteiger charge is 2.50. The van der Waals surface area contributed by atoms with Gasteiger partial charge in [-0.3, -0.25) is 4.90 Å². The zero-order valence-electron chi connectivity index (χ0n) is 13.1. The monoisotopic (exact) mass is 331 g/mol. The van der Waals surface area contributed by atoms with Crippen LogP contribution < -0.4 is 5.32 Å². The van der Waals surface area contributed by atoms with Crippen LogP contribution in [-0.2, 0) is 21.2 Å². The van der Waals surface area contributed by atoms with Gasteiger partial charge < -0.3 is 14.6 Å². The molecule has 1 spiro atoms. The first kappa shape index (κ1) is 16.3. The molecule has 1 aromatic rings. The first-order valence-electron chi connectivity index (χ1n) is 7.60. The number of likely N-dealkylation sites (N-methyl/N-ethyl adjacent to an activating group) is 1. The Hall–Kier alpha value is -1.54. The normalized spacial score (nSPS) is 24.5. The third-order valence-corrected chi connectivity index (χ3v) is 5.08. The van der Waals surface area contributed by atoms with E-state index in [9.17, 15) is 18.0 Å². The maximum absolute atomic E-state index is 13.4. The molecule has 0 saturated carbocycles. The second kappa shape index (κ2) is 5.52. The number of carbonyl (C=O) groups is 1. The number of alkyl halides is 3. The van der Waals surface area contributed by atoms with Crippen LogP contribution in [0.5, 0.6) is 0 Å². The number of piperidine rings is 1. The summed E-state index contributed by atoms with van der Waals surface area (Å²) in [6.45, 7) is 1.68. The largest absolute Gasteiger partial charge is 0.467 e. The number of methoxy groups -OCH3 is 1. The molecule has 1 saturated heterocycles. The van der Waals surface area contributed by atoms with Crippen molar-refractivity contribution in [1.29, 1.82) is 0 Å². The zero-order valence-corrected chi connectivity index (χ0v) is 13.1. The third kappa shape index (κ3) is 2.44. The molecular weight excluding hydrogens is 311 g/mol. The number of hydrogen-bond donors (Lipinski definition) is 1. The average molecular weight is 331 g/mol. The minimum atomic E-state index is -4.51. The fourth-order valence-corrected chi connectivity index (χ4v) is 3.90. The lowest BCUT2D eigenvalue weighted by Crippen LogP contribution is -2.57. The van der Waals surface area contributed by atoms with Crippen molar-refractivity contribution in [1.82, 2.24) is 14.8 Å². The molecule has 8 heteroatoms. The van der Waals surface area contributed by atoms with Crippen molar-refractivity contribution in [2.75, 3.05) is 33.8 Å². The van der Waals surface area contributed by atoms with E-state index < -0.39 is 29.4 Å². The number of nitrogens with zero attached hydrogens (tertiary/aromatic N) is 2. The Kier molecular flexibility index (Phi) is 3.92. The molecule has 0 aromatic carbocycles. The second-order valence-corrected chi connectivity index (χ2v) is 6.17. The van der Waals surface area contributed by atoms with E-state index in [-0.39, 0.29) is 6.54 Å². The number of ether oxygens (including phenoxy) is 1. The number of hydrogen-bond acceptors (Lipinski definition) is 4. The van der Waals surface area contributed by atoms with E-state index in [0.29, 0.717) is 18.5 Å². The summed E-state index contributed by atoms with van der Waals surface area (Å²) in [5.41, 5.74) is -0.705. The first-order chi connectivity index (χ1) is 10.8. The molecule has 1 fully saturated rings. The number of aromatic nitrogens is 1. The van der Waals surface area contributed by atoms with Gasteiger partial charge in [0.15, 0.2) is 0 Å². The lowest BCUT2D eigenvalue weighted by atomic mass is 9.81. The number of rotatable bonds is 1. The predicted molar refractivity (Wildman–Crippen MR) is 76.9 cm³/mol. The number of esters is 1. The van der Waals surface area contributed by atoms with Gasteiger partial charge in [0.25, 0.3) is 0 Å². The van der Waals surface area contributed by atoms with Gasteiger partial charge in [-0.15, -0.1) is 0 Å². The van der Waals surface area contributed by atoms with E-state index in [1.54, 1.807) is 0 Å². The summed E-state index contributed by atoms with van der Waals surface area (Å²) in [7, 11) is 3.07. The number of fused-ring (bicyclic) bond motifs is 2. The number of carbonyl (C=O) groups excluding carboxylic acids is 1. The highest BCUT2D eigenvalue weighted by Crippen LogP contribution is 2.45. The summed E-state index contributed by atoms with van der Waals surface area (Å²) in [5.74, 6) is -0.649. The van der Waals surface area contributed by atoms with Gasteiger partial charge in [0.1, 0.15) is 11.7 Å². The van der Waals surface area contributed by atoms with Crippen molar-refractivity contribution >= 4 is 5.97 Å². The second-order valence-electron chi connectivity index (χ2n) is 6.17. The van der Waals surface area contributed by atoms with Crippen LogP contribution in [-0.4, -0.2) is 49.2 Å². The Morgan fingerprint density at radius 3 is 2.57 bits per heavy atom. The van der Waals surface area contributed by atoms with Gasteiger partial charge >= 0.3 is 12.1 Å². The molecule has 5 nitrogen and oxygen atoms in total. The Bertz CT molecular complexity index is 606. The van der Waals surface area contributed by atoms with Gasteiger partial charge in [0.2, 0.25) is 0 Å². The SMILES string of the molecule is COC(=O)C1CN(C)C2(CCNCC2)c2ccc(C(F)(F)F)n21. The summed E-state index contributed by atoms with van der Waals surface area (Å²) in [6.07, 6.45) is -3.09. The number of halogens is 3. The fourth-order valence-electron chi connectivity index (χ4n) is 3.90. The van der Waals surface area contributed by atoms with Crippen molar-refractivity contribution in [2.45, 2.75) is 30.6 Å². The molecule has 0 amide bonds. The van der Waals surface area contributed by atoms with Gasteiger partial charge in [-0.25, -0.2) is 4.79 Å². The lowest BCUT2D eigenvalue weighted by molar-refractivity contribution is -0.154. The summed E-state index contributed by atoms with van der Waals surface area (Å²) in [5, 5.41) is 3.24. The van der Waals surface area contributed by atoms with Crippen LogP contribution in [0.15, 0.2) is 12.1 Å². The van der Waals surface area contributed by atoms with Gasteiger partial charge in [-0.1, -0.05) is 0 Å². The Morgan fingerprint density at radius 2 is 2.00 bits per heavy atom. The van der Waals surface area contributed by atoms with E-state index in [0.717, 1.165) is 23.7 Å². The minimum Gasteiger partial charge on any atom is -0.467 e. The Morgan fingerprint density at radius 1 is 1.35 bits per heavy atom. The topological polar surface area (TPSA) is 46.5 Å². The van der Waals surface area contributed by atoms with Crippen molar-refractivity contribution in [3.8, 4) is 0 Å². The van der Waals surface area contributed by atoms with Gasteiger partial charge in [0, 0.05) is 12.2 Å². The fraction of sp³-hybridized carbons (Fsp3) is 0.667. The maximum Gasteiger partial charge on any atom is 0.431 e. The standard InChI is InChI=1S/C15H20F3N3O2/c1-20-9-10(13(22)23-2)21-11(3-4-12(21)15(16,17)18)14(20)5-7-19-8-6-14/h3-4,10,19H,5-9H2,1-2H3. The van der Waals surface area contributed by atoms with E-state index in [1.807, 2.05) is 11.9 Å². The summed E-state index contributed by atoms with van der Waals surface area (Å²) < 4.78 is 46.1. The predicted octanol–water partition coefficient (Wildman–Crippen LogP) is 1.75. The van der Waals surface area contributed by atoms with Gasteiger partial charge in [-0.05, 0) is 45.1 Å². The highest BCUT2D eigenvalue weighted by atomic mass is 19.4. The van der Waals surface area contributed by atoms with Crippen molar-refractivity contribution in [3.63, 3.8) is 0 Å². The smallest absolute Gasteiger partial charge is 0.431 e. The average Bonchev–Trinajstić information content (AvgIpc) is 2.97. The number of nitrogens with one attached hydrogen (secondary N) is 1. The molecule has 1 N–H and O–H groups in total. The molecule has 2 aliphatic rings. The van der Waals surface area contributed by atoms with E-state index in [2.05, 4.69) is 5.32 Å². The first-order valence-corrected chi connectivity index (χ1v) is 7.60. The molecule has 23 heavy (non-hydrogen) atoms. The van der Waals surface area contributed by atoms with Crippen LogP contribution >= 0.6 is 0 Å². The van der Waals surface area contributed by atoms with Gasteiger partial charge in [-0.2, -0.15) is 13.2 Å². The molecule has 1 aromatic heterocycles. The molecule has 3 rings (SSSR count). The van der Waals surface area contributed by atoms with Crippen molar-refractivity contribution in [2.24, 2.45) is 0 Å². The Labute approximate surface area is 132 Å². The molecule has 1 unspecified atom stereocenters. The summed E-state index contributed by atoms with van der Waals surface area (Å²) in [6, 6.07) is 1.61. The Balaban J connectivity index is 2.17. The van der Waals surface area contributed by atoms with E-state index >= 15 is 0 Å². The molecule has 0 bridgehead atoms. The van der Waals surface area contributed by atoms with Gasteiger partial charge in [0.05, 0.1) is 12.6 Å². The van der Waals surface area contributed by atoms with Crippen LogP contribution in [0.1, 0.15) is 30.3 Å². The van der Waals surface area contributed by atoms with E-state index in [4.69, 9.17) is 4.74 Å². The van der Waals surface area contributed by atoms with Crippen molar-refractivity contribution < 1.29 is 22.7 Å². The molecule has 1 atom stereocenters. The lowest BCUT2D eigenvalue weighted by Gasteiger charge is -2.50.